The largest absolute Gasteiger partial charge is 0.296 e. The van der Waals surface area contributed by atoms with Crippen LogP contribution in [0, 0.1) is 11.3 Å². The fourth-order valence-corrected chi connectivity index (χ4v) is 3.87. The van der Waals surface area contributed by atoms with Gasteiger partial charge in [0, 0.05) is 5.38 Å². The molecule has 0 aromatic carbocycles. The van der Waals surface area contributed by atoms with Crippen molar-refractivity contribution in [3.8, 4) is 6.07 Å². The van der Waals surface area contributed by atoms with Crippen LogP contribution in [0.1, 0.15) is 69.0 Å². The Hall–Kier alpha value is -1.25. The molecular weight excluding hydrogens is 294 g/mol. The number of carbonyl (C=O) groups is 1. The van der Waals surface area contributed by atoms with Gasteiger partial charge in [-0.15, -0.1) is 11.3 Å². The SMILES string of the molecule is CC(C)c1csc([C@H](C#N)C(=O)[C@@H](C)N2CCCCCC2)n1. The van der Waals surface area contributed by atoms with Gasteiger partial charge < -0.3 is 0 Å². The number of carbonyl (C=O) groups excluding carboxylic acids is 1. The van der Waals surface area contributed by atoms with Crippen molar-refractivity contribution in [1.82, 2.24) is 9.88 Å². The zero-order valence-corrected chi connectivity index (χ0v) is 14.5. The number of rotatable bonds is 5. The van der Waals surface area contributed by atoms with E-state index in [4.69, 9.17) is 0 Å². The van der Waals surface area contributed by atoms with E-state index >= 15 is 0 Å². The lowest BCUT2D eigenvalue weighted by Crippen LogP contribution is -2.41. The van der Waals surface area contributed by atoms with Gasteiger partial charge in [-0.05, 0) is 38.8 Å². The Labute approximate surface area is 137 Å². The molecule has 1 aromatic heterocycles. The molecule has 1 aliphatic rings. The highest BCUT2D eigenvalue weighted by molar-refractivity contribution is 7.10. The summed E-state index contributed by atoms with van der Waals surface area (Å²) in [4.78, 5) is 19.5. The van der Waals surface area contributed by atoms with Crippen LogP contribution in [0.4, 0.5) is 0 Å². The highest BCUT2D eigenvalue weighted by Crippen LogP contribution is 2.26. The number of likely N-dealkylation sites (tertiary alicyclic amines) is 1. The molecule has 0 amide bonds. The lowest BCUT2D eigenvalue weighted by molar-refractivity contribution is -0.124. The van der Waals surface area contributed by atoms with E-state index in [1.165, 1.54) is 24.2 Å². The third-order valence-corrected chi connectivity index (χ3v) is 5.32. The first kappa shape index (κ1) is 17.1. The summed E-state index contributed by atoms with van der Waals surface area (Å²) in [6.45, 7) is 8.00. The first-order valence-corrected chi connectivity index (χ1v) is 9.05. The number of thiazole rings is 1. The predicted molar refractivity (Wildman–Crippen MR) is 89.1 cm³/mol. The summed E-state index contributed by atoms with van der Waals surface area (Å²) in [6, 6.07) is 1.98. The lowest BCUT2D eigenvalue weighted by atomic mass is 9.99. The zero-order valence-electron chi connectivity index (χ0n) is 13.7. The molecule has 22 heavy (non-hydrogen) atoms. The van der Waals surface area contributed by atoms with Gasteiger partial charge in [-0.2, -0.15) is 5.26 Å². The van der Waals surface area contributed by atoms with E-state index in [2.05, 4.69) is 29.8 Å². The highest BCUT2D eigenvalue weighted by atomic mass is 32.1. The van der Waals surface area contributed by atoms with Crippen molar-refractivity contribution in [3.63, 3.8) is 0 Å². The minimum absolute atomic E-state index is 0.00550. The molecule has 1 fully saturated rings. The molecule has 120 valence electrons. The summed E-state index contributed by atoms with van der Waals surface area (Å²) in [7, 11) is 0. The van der Waals surface area contributed by atoms with Crippen molar-refractivity contribution in [2.75, 3.05) is 13.1 Å². The summed E-state index contributed by atoms with van der Waals surface area (Å²) >= 11 is 1.43. The fourth-order valence-electron chi connectivity index (χ4n) is 2.84. The van der Waals surface area contributed by atoms with Gasteiger partial charge in [0.25, 0.3) is 0 Å². The van der Waals surface area contributed by atoms with Gasteiger partial charge in [0.2, 0.25) is 0 Å². The topological polar surface area (TPSA) is 57.0 Å². The van der Waals surface area contributed by atoms with E-state index < -0.39 is 5.92 Å². The molecule has 4 nitrogen and oxygen atoms in total. The first-order chi connectivity index (χ1) is 10.5. The van der Waals surface area contributed by atoms with Gasteiger partial charge in [-0.1, -0.05) is 26.7 Å². The Morgan fingerprint density at radius 3 is 2.41 bits per heavy atom. The fraction of sp³-hybridized carbons (Fsp3) is 0.706. The first-order valence-electron chi connectivity index (χ1n) is 8.17. The van der Waals surface area contributed by atoms with Crippen molar-refractivity contribution in [1.29, 1.82) is 5.26 Å². The molecule has 0 unspecified atom stereocenters. The smallest absolute Gasteiger partial charge is 0.173 e. The molecule has 0 aliphatic carbocycles. The molecule has 1 saturated heterocycles. The van der Waals surface area contributed by atoms with Crippen molar-refractivity contribution < 1.29 is 4.79 Å². The minimum Gasteiger partial charge on any atom is -0.296 e. The number of aromatic nitrogens is 1. The van der Waals surface area contributed by atoms with E-state index in [0.29, 0.717) is 10.9 Å². The van der Waals surface area contributed by atoms with Crippen LogP contribution >= 0.6 is 11.3 Å². The summed E-state index contributed by atoms with van der Waals surface area (Å²) in [5.41, 5.74) is 0.968. The Kier molecular flexibility index (Phi) is 6.10. The summed E-state index contributed by atoms with van der Waals surface area (Å²) in [6.07, 6.45) is 4.76. The molecule has 0 spiro atoms. The van der Waals surface area contributed by atoms with Gasteiger partial charge in [0.15, 0.2) is 11.7 Å². The molecular formula is C17H25N3OS. The zero-order chi connectivity index (χ0) is 16.1. The van der Waals surface area contributed by atoms with Crippen LogP contribution in [0.15, 0.2) is 5.38 Å². The van der Waals surface area contributed by atoms with Crippen molar-refractivity contribution >= 4 is 17.1 Å². The maximum Gasteiger partial charge on any atom is 0.173 e. The Balaban J connectivity index is 2.11. The van der Waals surface area contributed by atoms with Gasteiger partial charge in [0.1, 0.15) is 5.01 Å². The van der Waals surface area contributed by atoms with Gasteiger partial charge in [0.05, 0.1) is 17.8 Å². The number of nitriles is 1. The van der Waals surface area contributed by atoms with E-state index in [-0.39, 0.29) is 11.8 Å². The Morgan fingerprint density at radius 2 is 1.91 bits per heavy atom. The molecule has 0 bridgehead atoms. The Morgan fingerprint density at radius 1 is 1.27 bits per heavy atom. The van der Waals surface area contributed by atoms with Crippen LogP contribution in [-0.4, -0.2) is 34.8 Å². The minimum atomic E-state index is -0.726. The van der Waals surface area contributed by atoms with E-state index in [0.717, 1.165) is 31.6 Å². The van der Waals surface area contributed by atoms with Crippen LogP contribution in [0.25, 0.3) is 0 Å². The number of Topliss-reactive ketones (excluding diaryl/α,β-unsaturated/α-hetero) is 1. The molecule has 0 saturated carbocycles. The summed E-state index contributed by atoms with van der Waals surface area (Å²) in [5, 5.41) is 12.1. The molecule has 2 atom stereocenters. The highest BCUT2D eigenvalue weighted by Gasteiger charge is 2.31. The summed E-state index contributed by atoms with van der Waals surface area (Å²) < 4.78 is 0. The standard InChI is InChI=1S/C17H25N3OS/c1-12(2)15-11-22-17(19-15)14(10-18)16(21)13(3)20-8-6-4-5-7-9-20/h11-14H,4-9H2,1-3H3/t13-,14-/m1/s1. The lowest BCUT2D eigenvalue weighted by Gasteiger charge is -2.27. The normalized spacial score (nSPS) is 19.4. The maximum absolute atomic E-state index is 12.8. The van der Waals surface area contributed by atoms with Gasteiger partial charge in [-0.25, -0.2) is 4.98 Å². The third kappa shape index (κ3) is 3.93. The average Bonchev–Trinajstić information content (AvgIpc) is 2.83. The molecule has 0 N–H and O–H groups in total. The average molecular weight is 319 g/mol. The second kappa shape index (κ2) is 7.85. The number of ketones is 1. The van der Waals surface area contributed by atoms with E-state index in [1.807, 2.05) is 12.3 Å². The number of nitrogens with zero attached hydrogens (tertiary/aromatic N) is 3. The number of hydrogen-bond donors (Lipinski definition) is 0. The van der Waals surface area contributed by atoms with Crippen LogP contribution in [0.2, 0.25) is 0 Å². The quantitative estimate of drug-likeness (QED) is 0.830. The van der Waals surface area contributed by atoms with Gasteiger partial charge in [-0.3, -0.25) is 9.69 Å². The Bertz CT molecular complexity index is 538. The molecule has 1 aliphatic heterocycles. The van der Waals surface area contributed by atoms with E-state index in [1.54, 1.807) is 0 Å². The van der Waals surface area contributed by atoms with Crippen molar-refractivity contribution in [2.45, 2.75) is 64.3 Å². The maximum atomic E-state index is 12.8. The van der Waals surface area contributed by atoms with Crippen LogP contribution < -0.4 is 0 Å². The van der Waals surface area contributed by atoms with Crippen LogP contribution in [0.5, 0.6) is 0 Å². The molecule has 5 heteroatoms. The monoisotopic (exact) mass is 319 g/mol. The van der Waals surface area contributed by atoms with E-state index in [9.17, 15) is 10.1 Å². The third-order valence-electron chi connectivity index (χ3n) is 4.39. The number of hydrogen-bond acceptors (Lipinski definition) is 5. The van der Waals surface area contributed by atoms with Crippen molar-refractivity contribution in [3.05, 3.63) is 16.1 Å². The second-order valence-corrected chi connectivity index (χ2v) is 7.25. The molecule has 2 heterocycles. The molecule has 2 rings (SSSR count). The van der Waals surface area contributed by atoms with Crippen LogP contribution in [-0.2, 0) is 4.79 Å². The second-order valence-electron chi connectivity index (χ2n) is 6.36. The molecule has 1 aromatic rings. The summed E-state index contributed by atoms with van der Waals surface area (Å²) in [5.74, 6) is -0.410. The van der Waals surface area contributed by atoms with Crippen molar-refractivity contribution in [2.24, 2.45) is 0 Å². The van der Waals surface area contributed by atoms with Crippen LogP contribution in [0.3, 0.4) is 0 Å². The van der Waals surface area contributed by atoms with Gasteiger partial charge >= 0.3 is 0 Å². The molecule has 0 radical (unpaired) electrons. The predicted octanol–water partition coefficient (Wildman–Crippen LogP) is 3.71.